The number of anilines is 2. The first-order chi connectivity index (χ1) is 15.0. The fourth-order valence-electron chi connectivity index (χ4n) is 3.40. The van der Waals surface area contributed by atoms with Gasteiger partial charge in [-0.3, -0.25) is 9.78 Å². The second kappa shape index (κ2) is 8.55. The molecule has 0 radical (unpaired) electrons. The van der Waals surface area contributed by atoms with Crippen LogP contribution in [-0.2, 0) is 6.54 Å². The van der Waals surface area contributed by atoms with Gasteiger partial charge in [-0.15, -0.1) is 11.3 Å². The van der Waals surface area contributed by atoms with Crippen LogP contribution in [0.25, 0.3) is 21.2 Å². The number of hydrogen-bond acceptors (Lipinski definition) is 5. The summed E-state index contributed by atoms with van der Waals surface area (Å²) < 4.78 is 0.776. The number of thiophene rings is 1. The zero-order valence-corrected chi connectivity index (χ0v) is 17.6. The molecular weight excluding hydrogens is 410 g/mol. The quantitative estimate of drug-likeness (QED) is 0.372. The SMILES string of the molecule is Cc1cccc(NC(=O)Nc2ccc(-c3csc4c(C(N)=O)cnc(CN)c34)cc2)c1. The van der Waals surface area contributed by atoms with Crippen LogP contribution in [0.2, 0.25) is 0 Å². The number of fused-ring (bicyclic) bond motifs is 1. The summed E-state index contributed by atoms with van der Waals surface area (Å²) in [6.07, 6.45) is 1.48. The first-order valence-electron chi connectivity index (χ1n) is 9.60. The van der Waals surface area contributed by atoms with Gasteiger partial charge in [0, 0.05) is 35.1 Å². The van der Waals surface area contributed by atoms with E-state index in [9.17, 15) is 9.59 Å². The topological polar surface area (TPSA) is 123 Å². The van der Waals surface area contributed by atoms with E-state index in [2.05, 4.69) is 15.6 Å². The number of hydrogen-bond donors (Lipinski definition) is 4. The normalized spacial score (nSPS) is 10.8. The molecule has 0 bridgehead atoms. The number of primary amides is 1. The van der Waals surface area contributed by atoms with E-state index in [4.69, 9.17) is 11.5 Å². The maximum absolute atomic E-state index is 12.3. The number of nitrogens with one attached hydrogen (secondary N) is 2. The zero-order valence-electron chi connectivity index (χ0n) is 16.8. The van der Waals surface area contributed by atoms with Crippen LogP contribution < -0.4 is 22.1 Å². The van der Waals surface area contributed by atoms with Crippen molar-refractivity contribution in [3.8, 4) is 11.1 Å². The van der Waals surface area contributed by atoms with E-state index in [-0.39, 0.29) is 12.6 Å². The Morgan fingerprint density at radius 3 is 2.48 bits per heavy atom. The molecule has 0 saturated carbocycles. The highest BCUT2D eigenvalue weighted by Crippen LogP contribution is 2.37. The minimum atomic E-state index is -0.520. The molecule has 0 saturated heterocycles. The zero-order chi connectivity index (χ0) is 22.0. The second-order valence-corrected chi connectivity index (χ2v) is 7.95. The first kappa shape index (κ1) is 20.5. The van der Waals surface area contributed by atoms with Gasteiger partial charge in [0.25, 0.3) is 5.91 Å². The van der Waals surface area contributed by atoms with Crippen molar-refractivity contribution in [2.45, 2.75) is 13.5 Å². The number of nitrogens with two attached hydrogens (primary N) is 2. The number of aromatic nitrogens is 1. The Kier molecular flexibility index (Phi) is 5.66. The van der Waals surface area contributed by atoms with E-state index in [1.165, 1.54) is 17.5 Å². The number of rotatable bonds is 5. The molecule has 6 N–H and O–H groups in total. The molecule has 0 aliphatic carbocycles. The molecular formula is C23H21N5O2S. The molecule has 4 aromatic rings. The molecule has 0 aliphatic rings. The maximum atomic E-state index is 12.3. The Morgan fingerprint density at radius 2 is 1.81 bits per heavy atom. The summed E-state index contributed by atoms with van der Waals surface area (Å²) in [5, 5.41) is 8.44. The van der Waals surface area contributed by atoms with Crippen molar-refractivity contribution in [1.29, 1.82) is 0 Å². The van der Waals surface area contributed by atoms with Crippen LogP contribution in [-0.4, -0.2) is 16.9 Å². The van der Waals surface area contributed by atoms with E-state index >= 15 is 0 Å². The molecule has 2 aromatic heterocycles. The van der Waals surface area contributed by atoms with Crippen LogP contribution in [0.5, 0.6) is 0 Å². The summed E-state index contributed by atoms with van der Waals surface area (Å²) >= 11 is 1.43. The predicted octanol–water partition coefficient (Wildman–Crippen LogP) is 4.47. The van der Waals surface area contributed by atoms with Gasteiger partial charge in [0.05, 0.1) is 16.0 Å². The smallest absolute Gasteiger partial charge is 0.323 e. The Labute approximate surface area is 183 Å². The third-order valence-electron chi connectivity index (χ3n) is 4.86. The lowest BCUT2D eigenvalue weighted by atomic mass is 10.0. The van der Waals surface area contributed by atoms with Crippen LogP contribution in [0.15, 0.2) is 60.1 Å². The Balaban J connectivity index is 1.58. The van der Waals surface area contributed by atoms with Crippen LogP contribution in [0, 0.1) is 6.92 Å². The van der Waals surface area contributed by atoms with Crippen molar-refractivity contribution in [3.05, 3.63) is 76.9 Å². The van der Waals surface area contributed by atoms with Crippen LogP contribution >= 0.6 is 11.3 Å². The molecule has 0 unspecified atom stereocenters. The number of nitrogens with zero attached hydrogens (tertiary/aromatic N) is 1. The minimum Gasteiger partial charge on any atom is -0.366 e. The number of carbonyl (C=O) groups is 2. The van der Waals surface area contributed by atoms with Crippen LogP contribution in [0.3, 0.4) is 0 Å². The number of amides is 3. The fraction of sp³-hybridized carbons (Fsp3) is 0.0870. The maximum Gasteiger partial charge on any atom is 0.323 e. The van der Waals surface area contributed by atoms with Gasteiger partial charge in [-0.2, -0.15) is 0 Å². The van der Waals surface area contributed by atoms with Gasteiger partial charge in [0.1, 0.15) is 0 Å². The molecule has 31 heavy (non-hydrogen) atoms. The molecule has 3 amide bonds. The van der Waals surface area contributed by atoms with Crippen molar-refractivity contribution in [3.63, 3.8) is 0 Å². The Morgan fingerprint density at radius 1 is 1.06 bits per heavy atom. The molecule has 0 spiro atoms. The first-order valence-corrected chi connectivity index (χ1v) is 10.5. The van der Waals surface area contributed by atoms with Crippen molar-refractivity contribution in [1.82, 2.24) is 4.98 Å². The predicted molar refractivity (Wildman–Crippen MR) is 125 cm³/mol. The summed E-state index contributed by atoms with van der Waals surface area (Å²) in [5.41, 5.74) is 16.8. The van der Waals surface area contributed by atoms with Gasteiger partial charge in [0.2, 0.25) is 0 Å². The highest BCUT2D eigenvalue weighted by atomic mass is 32.1. The number of carbonyl (C=O) groups excluding carboxylic acids is 2. The lowest BCUT2D eigenvalue weighted by molar-refractivity contribution is 0.100. The third-order valence-corrected chi connectivity index (χ3v) is 5.88. The van der Waals surface area contributed by atoms with Gasteiger partial charge in [-0.1, -0.05) is 24.3 Å². The molecule has 2 aromatic carbocycles. The summed E-state index contributed by atoms with van der Waals surface area (Å²) in [6.45, 7) is 2.21. The van der Waals surface area contributed by atoms with E-state index in [0.717, 1.165) is 32.5 Å². The average Bonchev–Trinajstić information content (AvgIpc) is 3.18. The Hall–Kier alpha value is -3.75. The molecule has 156 valence electrons. The van der Waals surface area contributed by atoms with Crippen molar-refractivity contribution >= 4 is 44.7 Å². The van der Waals surface area contributed by atoms with Gasteiger partial charge < -0.3 is 22.1 Å². The number of aryl methyl sites for hydroxylation is 1. The van der Waals surface area contributed by atoms with Crippen molar-refractivity contribution in [2.75, 3.05) is 10.6 Å². The molecule has 4 rings (SSSR count). The van der Waals surface area contributed by atoms with Crippen LogP contribution in [0.1, 0.15) is 21.6 Å². The van der Waals surface area contributed by atoms with Gasteiger partial charge in [0.15, 0.2) is 0 Å². The standard InChI is InChI=1S/C23H21N5O2S/c1-13-3-2-4-16(9-13)28-23(30)27-15-7-5-14(6-8-15)18-12-31-21-17(22(25)29)11-26-19(10-24)20(18)21/h2-9,11-12H,10,24H2,1H3,(H2,25,29)(H2,27,28,30). The lowest BCUT2D eigenvalue weighted by Crippen LogP contribution is -2.19. The molecule has 7 nitrogen and oxygen atoms in total. The van der Waals surface area contributed by atoms with Crippen molar-refractivity contribution in [2.24, 2.45) is 11.5 Å². The van der Waals surface area contributed by atoms with Crippen molar-refractivity contribution < 1.29 is 9.59 Å². The highest BCUT2D eigenvalue weighted by Gasteiger charge is 2.17. The van der Waals surface area contributed by atoms with Gasteiger partial charge >= 0.3 is 6.03 Å². The van der Waals surface area contributed by atoms with Gasteiger partial charge in [-0.05, 0) is 47.7 Å². The fourth-order valence-corrected chi connectivity index (χ4v) is 4.52. The van der Waals surface area contributed by atoms with E-state index in [1.54, 1.807) is 0 Å². The summed E-state index contributed by atoms with van der Waals surface area (Å²) in [7, 11) is 0. The largest absolute Gasteiger partial charge is 0.366 e. The van der Waals surface area contributed by atoms with Gasteiger partial charge in [-0.25, -0.2) is 4.79 Å². The molecule has 0 fully saturated rings. The summed E-state index contributed by atoms with van der Waals surface area (Å²) in [6, 6.07) is 14.7. The third kappa shape index (κ3) is 4.25. The molecule has 2 heterocycles. The van der Waals surface area contributed by atoms with E-state index in [1.807, 2.05) is 60.8 Å². The van der Waals surface area contributed by atoms with Crippen LogP contribution in [0.4, 0.5) is 16.2 Å². The highest BCUT2D eigenvalue weighted by molar-refractivity contribution is 7.18. The van der Waals surface area contributed by atoms with E-state index in [0.29, 0.717) is 16.9 Å². The second-order valence-electron chi connectivity index (χ2n) is 7.07. The molecule has 0 atom stereocenters. The number of urea groups is 1. The summed E-state index contributed by atoms with van der Waals surface area (Å²) in [4.78, 5) is 28.4. The summed E-state index contributed by atoms with van der Waals surface area (Å²) in [5.74, 6) is -0.520. The number of pyridine rings is 1. The average molecular weight is 432 g/mol. The molecule has 8 heteroatoms. The Bertz CT molecular complexity index is 1280. The number of benzene rings is 2. The monoisotopic (exact) mass is 431 g/mol. The lowest BCUT2D eigenvalue weighted by Gasteiger charge is -2.10. The molecule has 0 aliphatic heterocycles. The van der Waals surface area contributed by atoms with E-state index < -0.39 is 5.91 Å². The minimum absolute atomic E-state index is 0.248.